The molecule has 1 aliphatic rings. The molecule has 3 aromatic rings. The summed E-state index contributed by atoms with van der Waals surface area (Å²) in [6.07, 6.45) is 0.543. The molecule has 30 heavy (non-hydrogen) atoms. The fourth-order valence-electron chi connectivity index (χ4n) is 3.36. The first kappa shape index (κ1) is 19.5. The summed E-state index contributed by atoms with van der Waals surface area (Å²) < 4.78 is 5.20. The van der Waals surface area contributed by atoms with Crippen molar-refractivity contribution in [3.63, 3.8) is 0 Å². The molecule has 0 fully saturated rings. The predicted octanol–water partition coefficient (Wildman–Crippen LogP) is 4.93. The maximum absolute atomic E-state index is 11.7. The van der Waals surface area contributed by atoms with Crippen LogP contribution in [0.15, 0.2) is 65.1 Å². The van der Waals surface area contributed by atoms with Crippen LogP contribution >= 0.6 is 11.3 Å². The Morgan fingerprint density at radius 2 is 1.87 bits per heavy atom. The van der Waals surface area contributed by atoms with Gasteiger partial charge in [0.25, 0.3) is 5.69 Å². The van der Waals surface area contributed by atoms with E-state index < -0.39 is 9.85 Å². The first-order chi connectivity index (χ1) is 14.5. The van der Waals surface area contributed by atoms with Crippen molar-refractivity contribution in [3.05, 3.63) is 90.6 Å². The minimum absolute atomic E-state index is 0.215. The Bertz CT molecular complexity index is 1130. The highest BCUT2D eigenvalue weighted by atomic mass is 32.1. The van der Waals surface area contributed by atoms with E-state index in [0.29, 0.717) is 6.42 Å². The van der Waals surface area contributed by atoms with Gasteiger partial charge in [0.2, 0.25) is 0 Å². The molecule has 0 saturated carbocycles. The summed E-state index contributed by atoms with van der Waals surface area (Å²) in [5, 5.41) is 31.0. The van der Waals surface area contributed by atoms with Crippen LogP contribution in [0, 0.1) is 20.2 Å². The second-order valence-corrected chi connectivity index (χ2v) is 7.52. The van der Waals surface area contributed by atoms with Crippen LogP contribution in [0.2, 0.25) is 0 Å². The average molecular weight is 424 g/mol. The summed E-state index contributed by atoms with van der Waals surface area (Å²) in [4.78, 5) is 22.5. The van der Waals surface area contributed by atoms with Crippen molar-refractivity contribution >= 4 is 34.1 Å². The first-order valence-corrected chi connectivity index (χ1v) is 9.83. The fraction of sp³-hybridized carbons (Fsp3) is 0.150. The van der Waals surface area contributed by atoms with Crippen LogP contribution < -0.4 is 9.75 Å². The normalized spacial score (nSPS) is 15.7. The van der Waals surface area contributed by atoms with E-state index in [4.69, 9.17) is 4.74 Å². The van der Waals surface area contributed by atoms with Gasteiger partial charge in [0.1, 0.15) is 11.4 Å². The van der Waals surface area contributed by atoms with Crippen molar-refractivity contribution in [2.75, 3.05) is 12.1 Å². The monoisotopic (exact) mass is 424 g/mol. The van der Waals surface area contributed by atoms with Gasteiger partial charge in [-0.05, 0) is 47.3 Å². The molecule has 0 N–H and O–H groups in total. The van der Waals surface area contributed by atoms with E-state index in [1.807, 2.05) is 41.8 Å². The molecule has 1 unspecified atom stereocenters. The van der Waals surface area contributed by atoms with E-state index in [1.165, 1.54) is 23.5 Å². The van der Waals surface area contributed by atoms with Crippen molar-refractivity contribution in [2.45, 2.75) is 12.5 Å². The lowest BCUT2D eigenvalue weighted by Crippen LogP contribution is -2.18. The van der Waals surface area contributed by atoms with Gasteiger partial charge >= 0.3 is 5.69 Å². The van der Waals surface area contributed by atoms with Crippen molar-refractivity contribution in [3.8, 4) is 5.75 Å². The molecule has 0 radical (unpaired) electrons. The molecule has 2 aromatic carbocycles. The summed E-state index contributed by atoms with van der Waals surface area (Å²) in [5.41, 5.74) is 1.17. The maximum atomic E-state index is 11.7. The number of nitrogens with zero attached hydrogens (tertiary/aromatic N) is 4. The topological polar surface area (TPSA) is 111 Å². The molecule has 1 aromatic heterocycles. The van der Waals surface area contributed by atoms with Crippen LogP contribution in [0.5, 0.6) is 5.75 Å². The quantitative estimate of drug-likeness (QED) is 0.410. The number of hydrazone groups is 1. The van der Waals surface area contributed by atoms with Gasteiger partial charge in [0.15, 0.2) is 0 Å². The zero-order valence-electron chi connectivity index (χ0n) is 15.8. The summed E-state index contributed by atoms with van der Waals surface area (Å²) in [7, 11) is 1.59. The molecule has 1 atom stereocenters. The van der Waals surface area contributed by atoms with Crippen LogP contribution in [0.25, 0.3) is 0 Å². The van der Waals surface area contributed by atoms with E-state index in [0.717, 1.165) is 28.0 Å². The third kappa shape index (κ3) is 3.60. The second-order valence-electron chi connectivity index (χ2n) is 6.54. The molecular weight excluding hydrogens is 408 g/mol. The summed E-state index contributed by atoms with van der Waals surface area (Å²) in [6.45, 7) is 0. The Balaban J connectivity index is 1.80. The van der Waals surface area contributed by atoms with Crippen molar-refractivity contribution in [1.82, 2.24) is 0 Å². The predicted molar refractivity (Wildman–Crippen MR) is 113 cm³/mol. The number of nitro groups is 2. The number of thiophene rings is 1. The Morgan fingerprint density at radius 3 is 2.47 bits per heavy atom. The molecule has 0 aliphatic carbocycles. The number of hydrogen-bond acceptors (Lipinski definition) is 8. The van der Waals surface area contributed by atoms with Gasteiger partial charge < -0.3 is 4.74 Å². The first-order valence-electron chi connectivity index (χ1n) is 8.95. The zero-order chi connectivity index (χ0) is 21.3. The number of benzene rings is 2. The Hall–Kier alpha value is -3.79. The van der Waals surface area contributed by atoms with E-state index >= 15 is 0 Å². The van der Waals surface area contributed by atoms with Gasteiger partial charge in [-0.25, -0.2) is 5.01 Å². The van der Waals surface area contributed by atoms with Crippen molar-refractivity contribution in [2.24, 2.45) is 5.10 Å². The highest BCUT2D eigenvalue weighted by Crippen LogP contribution is 2.43. The van der Waals surface area contributed by atoms with Crippen LogP contribution in [-0.2, 0) is 0 Å². The van der Waals surface area contributed by atoms with Gasteiger partial charge in [-0.3, -0.25) is 20.2 Å². The molecule has 10 heteroatoms. The standard InChI is InChI=1S/C20H16N4O5S/c1-29-15-7-4-13(5-8-15)16-12-19(20-3-2-10-30-20)22(21-16)17-9-6-14(23(25)26)11-18(17)24(27)28/h2-11,19H,12H2,1H3. The van der Waals surface area contributed by atoms with Crippen LogP contribution in [0.1, 0.15) is 22.9 Å². The number of non-ortho nitro benzene ring substituents is 1. The fourth-order valence-corrected chi connectivity index (χ4v) is 4.17. The molecule has 1 aliphatic heterocycles. The van der Waals surface area contributed by atoms with E-state index in [9.17, 15) is 20.2 Å². The van der Waals surface area contributed by atoms with Crippen molar-refractivity contribution < 1.29 is 14.6 Å². The molecule has 2 heterocycles. The molecular formula is C20H16N4O5S. The van der Waals surface area contributed by atoms with Gasteiger partial charge in [-0.1, -0.05) is 6.07 Å². The molecule has 4 rings (SSSR count). The zero-order valence-corrected chi connectivity index (χ0v) is 16.6. The van der Waals surface area contributed by atoms with Crippen LogP contribution in [-0.4, -0.2) is 22.7 Å². The van der Waals surface area contributed by atoms with Crippen molar-refractivity contribution in [1.29, 1.82) is 0 Å². The number of hydrogen-bond donors (Lipinski definition) is 0. The van der Waals surface area contributed by atoms with Gasteiger partial charge in [0, 0.05) is 17.4 Å². The van der Waals surface area contributed by atoms with E-state index in [1.54, 1.807) is 12.1 Å². The molecule has 9 nitrogen and oxygen atoms in total. The molecule has 0 saturated heterocycles. The lowest BCUT2D eigenvalue weighted by molar-refractivity contribution is -0.393. The summed E-state index contributed by atoms with van der Waals surface area (Å²) in [5.74, 6) is 0.718. The SMILES string of the molecule is COc1ccc(C2=NN(c3ccc([N+](=O)[O-])cc3[N+](=O)[O-])C(c3cccs3)C2)cc1. The van der Waals surface area contributed by atoms with Gasteiger partial charge in [0.05, 0.1) is 34.8 Å². The third-order valence-electron chi connectivity index (χ3n) is 4.82. The largest absolute Gasteiger partial charge is 0.497 e. The Labute approximate surface area is 175 Å². The number of rotatable bonds is 6. The number of anilines is 1. The average Bonchev–Trinajstić information content (AvgIpc) is 3.43. The Morgan fingerprint density at radius 1 is 1.10 bits per heavy atom. The van der Waals surface area contributed by atoms with Gasteiger partial charge in [-0.2, -0.15) is 5.10 Å². The second kappa shape index (κ2) is 7.91. The van der Waals surface area contributed by atoms with E-state index in [2.05, 4.69) is 5.10 Å². The molecule has 0 spiro atoms. The van der Waals surface area contributed by atoms with Gasteiger partial charge in [-0.15, -0.1) is 11.3 Å². The third-order valence-corrected chi connectivity index (χ3v) is 5.79. The van der Waals surface area contributed by atoms with Crippen LogP contribution in [0.3, 0.4) is 0 Å². The molecule has 152 valence electrons. The minimum atomic E-state index is -0.649. The minimum Gasteiger partial charge on any atom is -0.497 e. The van der Waals surface area contributed by atoms with Crippen LogP contribution in [0.4, 0.5) is 17.1 Å². The number of nitro benzene ring substituents is 2. The smallest absolute Gasteiger partial charge is 0.301 e. The maximum Gasteiger partial charge on any atom is 0.301 e. The summed E-state index contributed by atoms with van der Waals surface area (Å²) in [6, 6.07) is 14.7. The Kier molecular flexibility index (Phi) is 5.15. The highest BCUT2D eigenvalue weighted by molar-refractivity contribution is 7.10. The summed E-state index contributed by atoms with van der Waals surface area (Å²) >= 11 is 1.53. The van der Waals surface area contributed by atoms with E-state index in [-0.39, 0.29) is 23.1 Å². The number of methoxy groups -OCH3 is 1. The lowest BCUT2D eigenvalue weighted by atomic mass is 10.0. The highest BCUT2D eigenvalue weighted by Gasteiger charge is 2.35. The molecule has 0 amide bonds. The lowest BCUT2D eigenvalue weighted by Gasteiger charge is -2.22. The molecule has 0 bridgehead atoms. The number of ether oxygens (including phenoxy) is 1.